The first-order valence-corrected chi connectivity index (χ1v) is 18.6. The van der Waals surface area contributed by atoms with Crippen molar-refractivity contribution in [3.63, 3.8) is 0 Å². The zero-order valence-corrected chi connectivity index (χ0v) is 41.6. The predicted molar refractivity (Wildman–Crippen MR) is 194 cm³/mol. The Balaban J connectivity index is 0.00000310. The topological polar surface area (TPSA) is 294 Å². The number of amides is 4. The van der Waals surface area contributed by atoms with Crippen molar-refractivity contribution in [3.05, 3.63) is 131 Å². The minimum atomic E-state index is -5.41. The van der Waals surface area contributed by atoms with Gasteiger partial charge in [0.15, 0.2) is 0 Å². The van der Waals surface area contributed by atoms with Crippen LogP contribution in [0.15, 0.2) is 119 Å². The number of carbonyl (C=O) groups is 5. The van der Waals surface area contributed by atoms with Gasteiger partial charge in [-0.05, 0) is 82.2 Å². The fraction of sp³-hybridized carbons (Fsp3) is 0. The van der Waals surface area contributed by atoms with Crippen molar-refractivity contribution in [2.45, 2.75) is 9.79 Å². The molecule has 284 valence electrons. The van der Waals surface area contributed by atoms with Crippen molar-refractivity contribution in [2.24, 2.45) is 0 Å². The van der Waals surface area contributed by atoms with Gasteiger partial charge in [-0.3, -0.25) is 9.59 Å². The molecule has 6 rings (SSSR count). The van der Waals surface area contributed by atoms with E-state index in [0.717, 1.165) is 24.3 Å². The maximum Gasteiger partial charge on any atom is 1.00 e. The van der Waals surface area contributed by atoms with Crippen molar-refractivity contribution in [2.75, 3.05) is 21.3 Å². The summed E-state index contributed by atoms with van der Waals surface area (Å²) in [6, 6.07) is 22.1. The molecule has 0 atom stereocenters. The van der Waals surface area contributed by atoms with Crippen molar-refractivity contribution >= 4 is 94.3 Å². The van der Waals surface area contributed by atoms with E-state index < -0.39 is 82.1 Å². The summed E-state index contributed by atoms with van der Waals surface area (Å²) in [5.74, 6) is -5.70. The van der Waals surface area contributed by atoms with Crippen molar-refractivity contribution in [1.29, 1.82) is 0 Å². The third-order valence-electron chi connectivity index (χ3n) is 8.21. The van der Waals surface area contributed by atoms with Crippen LogP contribution in [0.1, 0.15) is 41.4 Å². The van der Waals surface area contributed by atoms with E-state index in [4.69, 9.17) is 0 Å². The fourth-order valence-corrected chi connectivity index (χ4v) is 7.09. The van der Waals surface area contributed by atoms with Gasteiger partial charge >= 0.3 is 124 Å². The normalized spacial score (nSPS) is 10.7. The molecule has 23 heteroatoms. The molecule has 0 spiro atoms. The average molecular weight is 887 g/mol. The van der Waals surface area contributed by atoms with Crippen LogP contribution in [0.2, 0.25) is 0 Å². The quantitative estimate of drug-likeness (QED) is 0.0735. The summed E-state index contributed by atoms with van der Waals surface area (Å²) in [6.07, 6.45) is 0. The van der Waals surface area contributed by atoms with Gasteiger partial charge in [0, 0.05) is 22.5 Å². The van der Waals surface area contributed by atoms with Crippen LogP contribution in [0.4, 0.5) is 27.5 Å². The molecule has 0 saturated carbocycles. The third-order valence-corrected chi connectivity index (χ3v) is 9.97. The number of rotatable bonds is 10. The van der Waals surface area contributed by atoms with Gasteiger partial charge in [0.2, 0.25) is 0 Å². The molecule has 0 saturated heterocycles. The van der Waals surface area contributed by atoms with Crippen molar-refractivity contribution < 1.29 is 178 Å². The van der Waals surface area contributed by atoms with Gasteiger partial charge in [-0.15, -0.1) is 0 Å². The van der Waals surface area contributed by atoms with E-state index in [-0.39, 0.29) is 141 Å². The molecular weight excluding hydrogens is 865 g/mol. The van der Waals surface area contributed by atoms with Crippen LogP contribution in [-0.2, 0) is 20.2 Å². The second-order valence-electron chi connectivity index (χ2n) is 11.9. The number of aromatic carboxylic acids is 2. The van der Waals surface area contributed by atoms with Gasteiger partial charge in [0.1, 0.15) is 20.2 Å². The van der Waals surface area contributed by atoms with Gasteiger partial charge in [0.05, 0.1) is 44.2 Å². The Morgan fingerprint density at radius 1 is 0.417 bits per heavy atom. The third kappa shape index (κ3) is 12.5. The molecule has 4 N–H and O–H groups in total. The number of urea groups is 1. The van der Waals surface area contributed by atoms with Crippen LogP contribution < -0.4 is 150 Å². The monoisotopic (exact) mass is 886 g/mol. The molecule has 0 heterocycles. The van der Waals surface area contributed by atoms with Crippen LogP contribution in [0, 0.1) is 0 Å². The van der Waals surface area contributed by atoms with E-state index in [2.05, 4.69) is 21.3 Å². The van der Waals surface area contributed by atoms with E-state index in [1.54, 1.807) is 48.5 Å². The maximum absolute atomic E-state index is 13.2. The summed E-state index contributed by atoms with van der Waals surface area (Å²) >= 11 is 0. The Bertz CT molecular complexity index is 2720. The van der Waals surface area contributed by atoms with Gasteiger partial charge in [-0.1, -0.05) is 48.5 Å². The molecule has 0 aromatic heterocycles. The van der Waals surface area contributed by atoms with Crippen LogP contribution in [0.3, 0.4) is 0 Å². The number of anilines is 4. The summed E-state index contributed by atoms with van der Waals surface area (Å²) in [6.45, 7) is 0. The van der Waals surface area contributed by atoms with Crippen LogP contribution in [-0.4, -0.2) is 55.7 Å². The Hall–Kier alpha value is -3.19. The largest absolute Gasteiger partial charge is 1.00 e. The summed E-state index contributed by atoms with van der Waals surface area (Å²) < 4.78 is 73.3. The predicted octanol–water partition coefficient (Wildman–Crippen LogP) is -9.31. The molecule has 6 aromatic rings. The first-order chi connectivity index (χ1) is 26.4. The Labute approximate surface area is 429 Å². The van der Waals surface area contributed by atoms with Gasteiger partial charge in [0.25, 0.3) is 11.8 Å². The Morgan fingerprint density at radius 3 is 1.03 bits per heavy atom. The number of hydrogen-bond donors (Lipinski definition) is 4. The summed E-state index contributed by atoms with van der Waals surface area (Å²) in [5, 5.41) is 34.5. The van der Waals surface area contributed by atoms with Crippen LogP contribution in [0.25, 0.3) is 21.5 Å². The maximum atomic E-state index is 13.2. The molecule has 0 aliphatic carbocycles. The zero-order valence-electron chi connectivity index (χ0n) is 32.0. The number of nitrogens with one attached hydrogen (secondary N) is 4. The zero-order chi connectivity index (χ0) is 40.5. The number of fused-ring (bicyclic) bond motifs is 2. The summed E-state index contributed by atoms with van der Waals surface area (Å²) in [7, 11) is -10.8. The molecular formula is C37H22N4Na4O13S2. The van der Waals surface area contributed by atoms with Crippen molar-refractivity contribution in [1.82, 2.24) is 0 Å². The number of carboxylic acids is 2. The average Bonchev–Trinajstić information content (AvgIpc) is 3.13. The first-order valence-electron chi connectivity index (χ1n) is 15.8. The SMILES string of the molecule is O=C(Nc1ccc(C(=O)Nc2cc3ccccc3cc2C(=O)[O-])c(S(=O)(=O)[O-])c1)Nc1ccc(C(=O)Nc2cc3ccccc3cc2C(=O)[O-])c(S(=O)(=O)[O-])c1.[Na+].[Na+].[Na+].[Na+]. The second kappa shape index (κ2) is 21.7. The fourth-order valence-electron chi connectivity index (χ4n) is 5.69. The minimum absolute atomic E-state index is 0. The molecule has 0 unspecified atom stereocenters. The summed E-state index contributed by atoms with van der Waals surface area (Å²) in [5.41, 5.74) is -3.53. The van der Waals surface area contributed by atoms with Crippen LogP contribution in [0.5, 0.6) is 0 Å². The number of carbonyl (C=O) groups excluding carboxylic acids is 5. The smallest absolute Gasteiger partial charge is 0.744 e. The molecule has 0 radical (unpaired) electrons. The molecule has 17 nitrogen and oxygen atoms in total. The molecule has 0 fully saturated rings. The standard InChI is InChI=1S/C37H26N4O13S2.4Na/c42-33(40-29-15-21-7-3-1-5-19(21)13-27(29)35(44)45)25-11-9-23(17-31(25)55(49,50)51)38-37(48)39-24-10-12-26(32(18-24)56(52,53)54)34(43)41-30-16-22-8-4-2-6-20(22)14-28(30)36(46)47;;;;/h1-18H,(H,40,42)(H,41,43)(H,44,45)(H,46,47)(H2,38,39,48)(H,49,50,51)(H,52,53,54);;;;/q;4*+1/p-4. The number of benzene rings is 6. The van der Waals surface area contributed by atoms with E-state index in [1.807, 2.05) is 0 Å². The summed E-state index contributed by atoms with van der Waals surface area (Å²) in [4.78, 5) is 60.7. The number of carboxylic acid groups (broad SMARTS) is 2. The molecule has 60 heavy (non-hydrogen) atoms. The van der Waals surface area contributed by atoms with E-state index in [0.29, 0.717) is 33.7 Å². The molecule has 0 bridgehead atoms. The Kier molecular flexibility index (Phi) is 19.2. The van der Waals surface area contributed by atoms with Gasteiger partial charge in [-0.2, -0.15) is 0 Å². The van der Waals surface area contributed by atoms with E-state index in [1.165, 1.54) is 24.3 Å². The molecule has 4 amide bonds. The van der Waals surface area contributed by atoms with E-state index >= 15 is 0 Å². The number of hydrogen-bond acceptors (Lipinski definition) is 13. The van der Waals surface area contributed by atoms with Crippen molar-refractivity contribution in [3.8, 4) is 0 Å². The Morgan fingerprint density at radius 2 is 0.733 bits per heavy atom. The molecule has 0 aliphatic heterocycles. The van der Waals surface area contributed by atoms with Gasteiger partial charge < -0.3 is 50.2 Å². The molecule has 6 aromatic carbocycles. The minimum Gasteiger partial charge on any atom is -0.744 e. The molecule has 0 aliphatic rings. The second-order valence-corrected chi connectivity index (χ2v) is 14.6. The van der Waals surface area contributed by atoms with Gasteiger partial charge in [-0.25, -0.2) is 21.6 Å². The van der Waals surface area contributed by atoms with Crippen LogP contribution >= 0.6 is 0 Å². The van der Waals surface area contributed by atoms with E-state index in [9.17, 15) is 60.1 Å². The first kappa shape index (κ1) is 52.9.